The highest BCUT2D eigenvalue weighted by atomic mass is 32.1. The Labute approximate surface area is 203 Å². The number of carbonyl (C=O) groups excluding carboxylic acids is 1. The molecule has 0 atom stereocenters. The average Bonchev–Trinajstić information content (AvgIpc) is 2.83. The van der Waals surface area contributed by atoms with E-state index in [1.165, 1.54) is 101 Å². The van der Waals surface area contributed by atoms with Crippen LogP contribution in [0, 0.1) is 5.92 Å². The predicted octanol–water partition coefficient (Wildman–Crippen LogP) is 9.78. The van der Waals surface area contributed by atoms with Gasteiger partial charge in [-0.2, -0.15) is 0 Å². The quantitative estimate of drug-likeness (QED) is 0.240. The molecule has 0 N–H and O–H groups in total. The number of thiol groups is 1. The summed E-state index contributed by atoms with van der Waals surface area (Å²) in [4.78, 5) is 11.9. The van der Waals surface area contributed by atoms with Gasteiger partial charge >= 0.3 is 0 Å². The Bertz CT molecular complexity index is 870. The average molecular weight is 473 g/mol. The first-order valence-corrected chi connectivity index (χ1v) is 13.2. The van der Waals surface area contributed by atoms with Gasteiger partial charge in [0.25, 0.3) is 6.43 Å². The zero-order chi connectivity index (χ0) is 23.6. The van der Waals surface area contributed by atoms with E-state index in [9.17, 15) is 13.6 Å². The SMILES string of the molecule is CCCCCCCCCC1CCC(c2ccc(-c3cc(C(F)F)ccc3C(=O)S)cc2)CC1. The summed E-state index contributed by atoms with van der Waals surface area (Å²) in [5.41, 5.74) is 2.91. The fourth-order valence-electron chi connectivity index (χ4n) is 5.23. The maximum atomic E-state index is 13.2. The van der Waals surface area contributed by atoms with E-state index in [1.54, 1.807) is 0 Å². The van der Waals surface area contributed by atoms with Crippen LogP contribution in [-0.4, -0.2) is 5.12 Å². The topological polar surface area (TPSA) is 17.1 Å². The maximum Gasteiger partial charge on any atom is 0.263 e. The lowest BCUT2D eigenvalue weighted by Gasteiger charge is -2.29. The highest BCUT2D eigenvalue weighted by Gasteiger charge is 2.22. The first-order valence-electron chi connectivity index (χ1n) is 12.7. The molecular formula is C29H38F2OS. The van der Waals surface area contributed by atoms with Gasteiger partial charge in [-0.3, -0.25) is 4.79 Å². The minimum absolute atomic E-state index is 0.0771. The second-order valence-corrected chi connectivity index (χ2v) is 10.1. The molecule has 1 fully saturated rings. The molecule has 0 unspecified atom stereocenters. The first kappa shape index (κ1) is 25.9. The van der Waals surface area contributed by atoms with Crippen molar-refractivity contribution in [3.05, 3.63) is 59.2 Å². The molecule has 0 spiro atoms. The van der Waals surface area contributed by atoms with Crippen LogP contribution in [0.25, 0.3) is 11.1 Å². The van der Waals surface area contributed by atoms with Crippen molar-refractivity contribution in [1.82, 2.24) is 0 Å². The van der Waals surface area contributed by atoms with Crippen molar-refractivity contribution in [2.24, 2.45) is 5.92 Å². The fraction of sp³-hybridized carbons (Fsp3) is 0.552. The molecule has 33 heavy (non-hydrogen) atoms. The summed E-state index contributed by atoms with van der Waals surface area (Å²) < 4.78 is 26.4. The van der Waals surface area contributed by atoms with E-state index < -0.39 is 11.5 Å². The molecule has 0 aromatic heterocycles. The van der Waals surface area contributed by atoms with Crippen molar-refractivity contribution in [3.63, 3.8) is 0 Å². The highest BCUT2D eigenvalue weighted by Crippen LogP contribution is 2.39. The molecule has 0 saturated heterocycles. The Balaban J connectivity index is 1.53. The fourth-order valence-corrected chi connectivity index (χ4v) is 5.43. The summed E-state index contributed by atoms with van der Waals surface area (Å²) in [5, 5.41) is -0.408. The van der Waals surface area contributed by atoms with Crippen LogP contribution in [0.5, 0.6) is 0 Å². The smallest absolute Gasteiger partial charge is 0.263 e. The molecule has 4 heteroatoms. The molecule has 3 rings (SSSR count). The number of carbonyl (C=O) groups is 1. The normalized spacial score (nSPS) is 18.6. The molecule has 0 heterocycles. The number of benzene rings is 2. The molecule has 180 valence electrons. The summed E-state index contributed by atoms with van der Waals surface area (Å²) in [7, 11) is 0. The van der Waals surface area contributed by atoms with Crippen LogP contribution in [0.2, 0.25) is 0 Å². The van der Waals surface area contributed by atoms with Gasteiger partial charge in [0.05, 0.1) is 0 Å². The summed E-state index contributed by atoms with van der Waals surface area (Å²) in [6.45, 7) is 2.26. The predicted molar refractivity (Wildman–Crippen MR) is 137 cm³/mol. The Kier molecular flexibility index (Phi) is 10.4. The lowest BCUT2D eigenvalue weighted by atomic mass is 9.77. The number of rotatable bonds is 12. The lowest BCUT2D eigenvalue weighted by Crippen LogP contribution is -2.13. The van der Waals surface area contributed by atoms with E-state index in [-0.39, 0.29) is 5.56 Å². The minimum atomic E-state index is -2.57. The first-order chi connectivity index (χ1) is 16.0. The number of halogens is 2. The molecule has 2 aromatic carbocycles. The van der Waals surface area contributed by atoms with Crippen molar-refractivity contribution in [1.29, 1.82) is 0 Å². The van der Waals surface area contributed by atoms with E-state index in [1.807, 2.05) is 12.1 Å². The van der Waals surface area contributed by atoms with Crippen molar-refractivity contribution < 1.29 is 13.6 Å². The van der Waals surface area contributed by atoms with Gasteiger partial charge in [0.15, 0.2) is 0 Å². The molecule has 0 radical (unpaired) electrons. The van der Waals surface area contributed by atoms with Crippen molar-refractivity contribution in [2.45, 2.75) is 96.3 Å². The largest absolute Gasteiger partial charge is 0.282 e. The van der Waals surface area contributed by atoms with Gasteiger partial charge in [0.2, 0.25) is 5.12 Å². The zero-order valence-corrected chi connectivity index (χ0v) is 20.8. The Morgan fingerprint density at radius 3 is 2.15 bits per heavy atom. The summed E-state index contributed by atoms with van der Waals surface area (Å²) >= 11 is 3.93. The molecule has 1 nitrogen and oxygen atoms in total. The second kappa shape index (κ2) is 13.3. The molecule has 1 aliphatic carbocycles. The minimum Gasteiger partial charge on any atom is -0.282 e. The number of alkyl halides is 2. The van der Waals surface area contributed by atoms with Crippen LogP contribution in [0.4, 0.5) is 8.78 Å². The van der Waals surface area contributed by atoms with Crippen LogP contribution in [-0.2, 0) is 0 Å². The van der Waals surface area contributed by atoms with Crippen LogP contribution < -0.4 is 0 Å². The third-order valence-electron chi connectivity index (χ3n) is 7.28. The van der Waals surface area contributed by atoms with E-state index in [2.05, 4.69) is 31.7 Å². The molecule has 1 saturated carbocycles. The Morgan fingerprint density at radius 1 is 0.909 bits per heavy atom. The third kappa shape index (κ3) is 7.67. The van der Waals surface area contributed by atoms with Gasteiger partial charge < -0.3 is 0 Å². The van der Waals surface area contributed by atoms with Crippen LogP contribution >= 0.6 is 12.6 Å². The molecular weight excluding hydrogens is 434 g/mol. The standard InChI is InChI=1S/C29H38F2OS/c1-2-3-4-5-6-7-8-9-21-10-12-22(13-11-21)23-14-16-24(17-15-23)27-20-25(28(30)31)18-19-26(27)29(32)33/h14-22,28H,2-13H2,1H3,(H,32,33). The van der Waals surface area contributed by atoms with Gasteiger partial charge in [0, 0.05) is 11.1 Å². The van der Waals surface area contributed by atoms with E-state index >= 15 is 0 Å². The Hall–Kier alpha value is -1.68. The van der Waals surface area contributed by atoms with Crippen molar-refractivity contribution >= 4 is 17.7 Å². The Morgan fingerprint density at radius 2 is 1.55 bits per heavy atom. The summed E-state index contributed by atoms with van der Waals surface area (Å²) in [6.07, 6.45) is 13.5. The van der Waals surface area contributed by atoms with Gasteiger partial charge in [0.1, 0.15) is 0 Å². The van der Waals surface area contributed by atoms with Crippen LogP contribution in [0.15, 0.2) is 42.5 Å². The van der Waals surface area contributed by atoms with Gasteiger partial charge in [-0.15, -0.1) is 12.6 Å². The van der Waals surface area contributed by atoms with Gasteiger partial charge in [-0.1, -0.05) is 88.6 Å². The zero-order valence-electron chi connectivity index (χ0n) is 19.9. The van der Waals surface area contributed by atoms with Crippen molar-refractivity contribution in [2.75, 3.05) is 0 Å². The second-order valence-electron chi connectivity index (χ2n) is 9.66. The van der Waals surface area contributed by atoms with Gasteiger partial charge in [-0.25, -0.2) is 8.78 Å². The molecule has 0 aliphatic heterocycles. The number of hydrogen-bond acceptors (Lipinski definition) is 1. The van der Waals surface area contributed by atoms with Crippen LogP contribution in [0.1, 0.15) is 118 Å². The van der Waals surface area contributed by atoms with Gasteiger partial charge in [-0.05, 0) is 66.3 Å². The van der Waals surface area contributed by atoms with E-state index in [4.69, 9.17) is 0 Å². The highest BCUT2D eigenvalue weighted by molar-refractivity contribution is 7.97. The summed E-state index contributed by atoms with van der Waals surface area (Å²) in [5.74, 6) is 1.44. The third-order valence-corrected chi connectivity index (χ3v) is 7.52. The van der Waals surface area contributed by atoms with Crippen molar-refractivity contribution in [3.8, 4) is 11.1 Å². The molecule has 1 aliphatic rings. The van der Waals surface area contributed by atoms with E-state index in [0.717, 1.165) is 11.5 Å². The monoisotopic (exact) mass is 472 g/mol. The summed E-state index contributed by atoms with van der Waals surface area (Å²) in [6, 6.07) is 12.3. The maximum absolute atomic E-state index is 13.2. The number of unbranched alkanes of at least 4 members (excludes halogenated alkanes) is 6. The molecule has 0 bridgehead atoms. The number of hydrogen-bond donors (Lipinski definition) is 1. The molecule has 0 amide bonds. The van der Waals surface area contributed by atoms with Crippen LogP contribution in [0.3, 0.4) is 0 Å². The molecule has 2 aromatic rings. The van der Waals surface area contributed by atoms with E-state index in [0.29, 0.717) is 17.0 Å². The lowest BCUT2D eigenvalue weighted by molar-refractivity contribution is 0.109.